The zero-order valence-electron chi connectivity index (χ0n) is 19.0. The molecule has 0 unspecified atom stereocenters. The Labute approximate surface area is 199 Å². The fraction of sp³-hybridized carbons (Fsp3) is 0.217. The fourth-order valence-corrected chi connectivity index (χ4v) is 4.32. The van der Waals surface area contributed by atoms with Crippen LogP contribution >= 0.6 is 0 Å². The van der Waals surface area contributed by atoms with Gasteiger partial charge in [0, 0.05) is 18.8 Å². The lowest BCUT2D eigenvalue weighted by Gasteiger charge is -2.19. The third kappa shape index (κ3) is 4.74. The van der Waals surface area contributed by atoms with Gasteiger partial charge in [0.1, 0.15) is 29.2 Å². The molecule has 1 atom stereocenters. The van der Waals surface area contributed by atoms with Gasteiger partial charge in [0.05, 0.1) is 16.6 Å². The summed E-state index contributed by atoms with van der Waals surface area (Å²) < 4.78 is 72.6. The maximum absolute atomic E-state index is 13.3. The van der Waals surface area contributed by atoms with Gasteiger partial charge in [-0.3, -0.25) is 9.40 Å². The Morgan fingerprint density at radius 1 is 1.14 bits per heavy atom. The molecule has 0 saturated heterocycles. The van der Waals surface area contributed by atoms with Crippen LogP contribution in [-0.4, -0.2) is 28.9 Å². The lowest BCUT2D eigenvalue weighted by atomic mass is 10.1. The quantitative estimate of drug-likeness (QED) is 0.374. The van der Waals surface area contributed by atoms with Gasteiger partial charge in [-0.25, -0.2) is 17.8 Å². The molecule has 4 aromatic rings. The highest BCUT2D eigenvalue weighted by molar-refractivity contribution is 7.93. The Morgan fingerprint density at radius 3 is 2.49 bits per heavy atom. The molecule has 0 amide bonds. The monoisotopic (exact) mass is 505 g/mol. The van der Waals surface area contributed by atoms with E-state index in [9.17, 15) is 21.6 Å². The predicted octanol–water partition coefficient (Wildman–Crippen LogP) is 4.77. The summed E-state index contributed by atoms with van der Waals surface area (Å²) >= 11 is 0. The van der Waals surface area contributed by atoms with Gasteiger partial charge in [-0.05, 0) is 49.2 Å². The topological polar surface area (TPSA) is 112 Å². The molecule has 184 valence electrons. The molecule has 35 heavy (non-hydrogen) atoms. The number of hydrogen-bond acceptors (Lipinski definition) is 6. The number of fused-ring (bicyclic) bond motifs is 1. The summed E-state index contributed by atoms with van der Waals surface area (Å²) in [6.07, 6.45) is 0.958. The number of aryl methyl sites for hydroxylation is 2. The third-order valence-corrected chi connectivity index (χ3v) is 6.43. The zero-order chi connectivity index (χ0) is 25.5. The fourth-order valence-electron chi connectivity index (χ4n) is 3.75. The second kappa shape index (κ2) is 9.10. The molecule has 0 radical (unpaired) electrons. The van der Waals surface area contributed by atoms with Gasteiger partial charge in [0.25, 0.3) is 10.0 Å². The number of rotatable bonds is 7. The lowest BCUT2D eigenvalue weighted by Crippen LogP contribution is -2.21. The number of aromatic nitrogens is 3. The number of pyridine rings is 1. The Morgan fingerprint density at radius 2 is 1.83 bits per heavy atom. The summed E-state index contributed by atoms with van der Waals surface area (Å²) in [5.74, 6) is -3.85. The number of hydrogen-bond donors (Lipinski definition) is 2. The standard InChI is InChI=1S/C23H22F3N5O3S/c1-12-11-28-22(27)19-20(29-31(3)21(12)19)15-6-9-17(30-35(32,33)23(25)26)18(10-15)34-13(2)14-4-7-16(24)8-5-14/h4-11,13,23,30H,1-3H3,(H2,27,28)/t13-/m0/s1. The molecule has 8 nitrogen and oxygen atoms in total. The highest BCUT2D eigenvalue weighted by Gasteiger charge is 2.26. The Bertz CT molecular complexity index is 1510. The summed E-state index contributed by atoms with van der Waals surface area (Å²) in [6, 6.07) is 9.83. The summed E-state index contributed by atoms with van der Waals surface area (Å²) in [7, 11) is -3.22. The molecule has 4 rings (SSSR count). The first-order chi connectivity index (χ1) is 16.5. The first kappa shape index (κ1) is 24.3. The largest absolute Gasteiger partial charge is 0.484 e. The van der Waals surface area contributed by atoms with Gasteiger partial charge in [-0.1, -0.05) is 18.2 Å². The predicted molar refractivity (Wildman–Crippen MR) is 127 cm³/mol. The highest BCUT2D eigenvalue weighted by Crippen LogP contribution is 2.38. The average molecular weight is 506 g/mol. The van der Waals surface area contributed by atoms with Gasteiger partial charge in [0.15, 0.2) is 0 Å². The number of nitrogens with zero attached hydrogens (tertiary/aromatic N) is 3. The van der Waals surface area contributed by atoms with Crippen molar-refractivity contribution >= 4 is 32.4 Å². The number of ether oxygens (including phenoxy) is 1. The molecule has 2 aromatic carbocycles. The molecular weight excluding hydrogens is 483 g/mol. The molecule has 0 saturated carbocycles. The first-order valence-corrected chi connectivity index (χ1v) is 12.0. The van der Waals surface area contributed by atoms with Crippen LogP contribution in [-0.2, 0) is 17.1 Å². The Kier molecular flexibility index (Phi) is 6.32. The minimum atomic E-state index is -4.96. The van der Waals surface area contributed by atoms with E-state index in [1.165, 1.54) is 42.5 Å². The van der Waals surface area contributed by atoms with Gasteiger partial charge in [0.2, 0.25) is 0 Å². The molecule has 0 aliphatic heterocycles. The van der Waals surface area contributed by atoms with Crippen LogP contribution in [0, 0.1) is 12.7 Å². The maximum Gasteiger partial charge on any atom is 0.355 e. The number of nitrogens with one attached hydrogen (secondary N) is 1. The van der Waals surface area contributed by atoms with Crippen molar-refractivity contribution in [3.05, 3.63) is 65.6 Å². The smallest absolute Gasteiger partial charge is 0.355 e. The number of nitrogen functional groups attached to an aromatic ring is 1. The van der Waals surface area contributed by atoms with E-state index in [-0.39, 0.29) is 17.3 Å². The summed E-state index contributed by atoms with van der Waals surface area (Å²) in [6.45, 7) is 3.52. The first-order valence-electron chi connectivity index (χ1n) is 10.4. The summed E-state index contributed by atoms with van der Waals surface area (Å²) in [5, 5.41) is 5.13. The zero-order valence-corrected chi connectivity index (χ0v) is 19.8. The van der Waals surface area contributed by atoms with E-state index < -0.39 is 27.7 Å². The van der Waals surface area contributed by atoms with Crippen molar-refractivity contribution in [1.82, 2.24) is 14.8 Å². The molecule has 2 heterocycles. The molecular formula is C23H22F3N5O3S. The maximum atomic E-state index is 13.3. The SMILES string of the molecule is Cc1cnc(N)c2c(-c3ccc(NS(=O)(=O)C(F)F)c(O[C@@H](C)c4ccc(F)cc4)c3)nn(C)c12. The van der Waals surface area contributed by atoms with E-state index in [1.54, 1.807) is 24.9 Å². The minimum absolute atomic E-state index is 0.0264. The Hall–Kier alpha value is -3.80. The van der Waals surface area contributed by atoms with Crippen molar-refractivity contribution in [1.29, 1.82) is 0 Å². The molecule has 12 heteroatoms. The highest BCUT2D eigenvalue weighted by atomic mass is 32.2. The van der Waals surface area contributed by atoms with E-state index >= 15 is 0 Å². The summed E-state index contributed by atoms with van der Waals surface area (Å²) in [4.78, 5) is 4.20. The van der Waals surface area contributed by atoms with E-state index in [1.807, 2.05) is 11.6 Å². The van der Waals surface area contributed by atoms with Crippen molar-refractivity contribution in [2.45, 2.75) is 25.7 Å². The van der Waals surface area contributed by atoms with Crippen molar-refractivity contribution in [2.24, 2.45) is 7.05 Å². The van der Waals surface area contributed by atoms with Crippen LogP contribution in [0.4, 0.5) is 24.7 Å². The molecule has 0 bridgehead atoms. The molecule has 3 N–H and O–H groups in total. The van der Waals surface area contributed by atoms with Crippen LogP contribution in [0.1, 0.15) is 24.2 Å². The van der Waals surface area contributed by atoms with Gasteiger partial charge in [-0.2, -0.15) is 13.9 Å². The second-order valence-corrected chi connectivity index (χ2v) is 9.60. The number of sulfonamides is 1. The molecule has 0 aliphatic carbocycles. The number of anilines is 2. The second-order valence-electron chi connectivity index (χ2n) is 7.95. The molecule has 0 fully saturated rings. The van der Waals surface area contributed by atoms with E-state index in [0.717, 1.165) is 11.1 Å². The number of benzene rings is 2. The van der Waals surface area contributed by atoms with Crippen LogP contribution in [0.15, 0.2) is 48.7 Å². The summed E-state index contributed by atoms with van der Waals surface area (Å²) in [5.41, 5.74) is 9.09. The number of nitrogens with two attached hydrogens (primary N) is 1. The normalized spacial score (nSPS) is 12.8. The van der Waals surface area contributed by atoms with Crippen molar-refractivity contribution in [2.75, 3.05) is 10.5 Å². The van der Waals surface area contributed by atoms with Gasteiger partial charge < -0.3 is 10.5 Å². The van der Waals surface area contributed by atoms with Crippen molar-refractivity contribution < 1.29 is 26.3 Å². The molecule has 0 spiro atoms. The van der Waals surface area contributed by atoms with Crippen LogP contribution in [0.2, 0.25) is 0 Å². The van der Waals surface area contributed by atoms with E-state index in [2.05, 4.69) is 10.1 Å². The molecule has 0 aliphatic rings. The van der Waals surface area contributed by atoms with Gasteiger partial charge in [-0.15, -0.1) is 0 Å². The average Bonchev–Trinajstić information content (AvgIpc) is 3.16. The van der Waals surface area contributed by atoms with Crippen LogP contribution in [0.3, 0.4) is 0 Å². The van der Waals surface area contributed by atoms with Gasteiger partial charge >= 0.3 is 5.76 Å². The van der Waals surface area contributed by atoms with Crippen molar-refractivity contribution in [3.63, 3.8) is 0 Å². The minimum Gasteiger partial charge on any atom is -0.484 e. The van der Waals surface area contributed by atoms with Crippen molar-refractivity contribution in [3.8, 4) is 17.0 Å². The third-order valence-electron chi connectivity index (χ3n) is 5.46. The van der Waals surface area contributed by atoms with Crippen LogP contribution < -0.4 is 15.2 Å². The van der Waals surface area contributed by atoms with E-state index in [4.69, 9.17) is 10.5 Å². The van der Waals surface area contributed by atoms with Crippen LogP contribution in [0.25, 0.3) is 22.2 Å². The number of halogens is 3. The molecule has 2 aromatic heterocycles. The number of alkyl halides is 2. The van der Waals surface area contributed by atoms with E-state index in [0.29, 0.717) is 22.2 Å². The van der Waals surface area contributed by atoms with Crippen LogP contribution in [0.5, 0.6) is 5.75 Å². The Balaban J connectivity index is 1.83. The lowest BCUT2D eigenvalue weighted by molar-refractivity contribution is 0.228.